The van der Waals surface area contributed by atoms with Crippen molar-refractivity contribution in [2.45, 2.75) is 37.8 Å². The van der Waals surface area contributed by atoms with Crippen LogP contribution in [0.4, 0.5) is 4.79 Å². The Balaban J connectivity index is 1.76. The summed E-state index contributed by atoms with van der Waals surface area (Å²) >= 11 is 0. The molecule has 0 saturated carbocycles. The molecule has 0 aromatic rings. The third kappa shape index (κ3) is 2.01. The van der Waals surface area contributed by atoms with Gasteiger partial charge in [-0.15, -0.1) is 0 Å². The molecule has 3 amide bonds. The first kappa shape index (κ1) is 13.2. The predicted octanol–water partition coefficient (Wildman–Crippen LogP) is -0.134. The third-order valence-corrected chi connectivity index (χ3v) is 4.63. The second-order valence-corrected chi connectivity index (χ2v) is 5.73. The first-order chi connectivity index (χ1) is 9.59. The van der Waals surface area contributed by atoms with E-state index in [1.807, 2.05) is 0 Å². The average Bonchev–Trinajstić information content (AvgIpc) is 3.05. The lowest BCUT2D eigenvalue weighted by Gasteiger charge is -2.39. The van der Waals surface area contributed by atoms with Gasteiger partial charge in [-0.3, -0.25) is 4.79 Å². The minimum absolute atomic E-state index is 0.0173. The number of nitrogens with one attached hydrogen (secondary N) is 1. The van der Waals surface area contributed by atoms with Crippen molar-refractivity contribution in [3.05, 3.63) is 0 Å². The minimum Gasteiger partial charge on any atom is -0.480 e. The van der Waals surface area contributed by atoms with Gasteiger partial charge >= 0.3 is 12.0 Å². The van der Waals surface area contributed by atoms with E-state index < -0.39 is 12.0 Å². The van der Waals surface area contributed by atoms with Gasteiger partial charge in [0.05, 0.1) is 12.0 Å². The van der Waals surface area contributed by atoms with E-state index in [-0.39, 0.29) is 23.9 Å². The van der Waals surface area contributed by atoms with Crippen LogP contribution in [0.2, 0.25) is 0 Å². The molecule has 3 aliphatic rings. The summed E-state index contributed by atoms with van der Waals surface area (Å²) in [7, 11) is 0. The van der Waals surface area contributed by atoms with Crippen LogP contribution in [0.3, 0.4) is 0 Å². The predicted molar refractivity (Wildman–Crippen MR) is 69.0 cm³/mol. The first-order valence-corrected chi connectivity index (χ1v) is 7.17. The summed E-state index contributed by atoms with van der Waals surface area (Å²) in [6.45, 7) is 1.59. The van der Waals surface area contributed by atoms with Gasteiger partial charge in [0.15, 0.2) is 0 Å². The second-order valence-electron chi connectivity index (χ2n) is 5.73. The van der Waals surface area contributed by atoms with Crippen LogP contribution in [0.25, 0.3) is 0 Å². The van der Waals surface area contributed by atoms with Crippen LogP contribution in [-0.4, -0.2) is 64.5 Å². The molecular weight excluding hydrogens is 262 g/mol. The Morgan fingerprint density at radius 3 is 2.60 bits per heavy atom. The first-order valence-electron chi connectivity index (χ1n) is 7.17. The molecule has 20 heavy (non-hydrogen) atoms. The van der Waals surface area contributed by atoms with E-state index in [1.54, 1.807) is 4.90 Å². The molecular formula is C13H19N3O4. The molecule has 110 valence electrons. The van der Waals surface area contributed by atoms with Crippen LogP contribution in [0.1, 0.15) is 25.7 Å². The Morgan fingerprint density at radius 2 is 1.85 bits per heavy atom. The quantitative estimate of drug-likeness (QED) is 0.700. The number of amides is 3. The topological polar surface area (TPSA) is 90.0 Å². The van der Waals surface area contributed by atoms with Crippen molar-refractivity contribution in [1.29, 1.82) is 0 Å². The van der Waals surface area contributed by atoms with Gasteiger partial charge in [-0.1, -0.05) is 0 Å². The van der Waals surface area contributed by atoms with Crippen LogP contribution in [0.15, 0.2) is 0 Å². The molecule has 3 saturated heterocycles. The van der Waals surface area contributed by atoms with Crippen LogP contribution in [-0.2, 0) is 9.59 Å². The molecule has 0 spiro atoms. The van der Waals surface area contributed by atoms with Crippen molar-refractivity contribution in [3.63, 3.8) is 0 Å². The summed E-state index contributed by atoms with van der Waals surface area (Å²) in [4.78, 5) is 38.7. The van der Waals surface area contributed by atoms with Gasteiger partial charge in [0.1, 0.15) is 6.04 Å². The number of carboxylic acids is 1. The van der Waals surface area contributed by atoms with E-state index in [0.717, 1.165) is 19.3 Å². The van der Waals surface area contributed by atoms with Crippen LogP contribution in [0.5, 0.6) is 0 Å². The Labute approximate surface area is 116 Å². The van der Waals surface area contributed by atoms with Crippen molar-refractivity contribution in [2.24, 2.45) is 5.92 Å². The Hall–Kier alpha value is -1.79. The fourth-order valence-electron chi connectivity index (χ4n) is 3.61. The molecule has 3 rings (SSSR count). The van der Waals surface area contributed by atoms with Crippen molar-refractivity contribution in [2.75, 3.05) is 19.6 Å². The summed E-state index contributed by atoms with van der Waals surface area (Å²) < 4.78 is 0. The number of hydrogen-bond donors (Lipinski definition) is 2. The smallest absolute Gasteiger partial charge is 0.326 e. The van der Waals surface area contributed by atoms with Gasteiger partial charge in [-0.25, -0.2) is 9.59 Å². The van der Waals surface area contributed by atoms with Gasteiger partial charge in [0, 0.05) is 19.6 Å². The molecule has 0 aliphatic carbocycles. The van der Waals surface area contributed by atoms with Crippen LogP contribution >= 0.6 is 0 Å². The number of carbonyl (C=O) groups excluding carboxylic acids is 2. The molecule has 7 heteroatoms. The number of likely N-dealkylation sites (tertiary alicyclic amines) is 2. The molecule has 0 aromatic heterocycles. The molecule has 3 aliphatic heterocycles. The maximum absolute atomic E-state index is 12.6. The van der Waals surface area contributed by atoms with Gasteiger partial charge in [-0.2, -0.15) is 0 Å². The normalized spacial score (nSPS) is 33.0. The highest BCUT2D eigenvalue weighted by Crippen LogP contribution is 2.30. The molecule has 3 atom stereocenters. The lowest BCUT2D eigenvalue weighted by Crippen LogP contribution is -2.55. The summed E-state index contributed by atoms with van der Waals surface area (Å²) in [5.74, 6) is -1.05. The van der Waals surface area contributed by atoms with Crippen molar-refractivity contribution < 1.29 is 19.5 Å². The standard InChI is InChI=1S/C13H19N3O4/c17-11-8-3-1-5-16(10(8)7-14-11)13(20)15-6-2-4-9(15)12(18)19/h8-10H,1-7H2,(H,14,17)(H,18,19). The molecule has 0 bridgehead atoms. The molecule has 3 heterocycles. The highest BCUT2D eigenvalue weighted by atomic mass is 16.4. The van der Waals surface area contributed by atoms with Crippen LogP contribution < -0.4 is 5.32 Å². The number of nitrogens with zero attached hydrogens (tertiary/aromatic N) is 2. The number of aliphatic carboxylic acids is 1. The molecule has 3 fully saturated rings. The number of carbonyl (C=O) groups is 3. The summed E-state index contributed by atoms with van der Waals surface area (Å²) in [6.07, 6.45) is 2.84. The Morgan fingerprint density at radius 1 is 1.15 bits per heavy atom. The third-order valence-electron chi connectivity index (χ3n) is 4.63. The molecule has 3 unspecified atom stereocenters. The van der Waals surface area contributed by atoms with E-state index in [9.17, 15) is 19.5 Å². The average molecular weight is 281 g/mol. The summed E-state index contributed by atoms with van der Waals surface area (Å²) in [6, 6.07) is -1.05. The van der Waals surface area contributed by atoms with Crippen LogP contribution in [0, 0.1) is 5.92 Å². The molecule has 0 radical (unpaired) electrons. The highest BCUT2D eigenvalue weighted by Gasteiger charge is 2.45. The fourth-order valence-corrected chi connectivity index (χ4v) is 3.61. The largest absolute Gasteiger partial charge is 0.480 e. The maximum atomic E-state index is 12.6. The Kier molecular flexibility index (Phi) is 3.27. The number of fused-ring (bicyclic) bond motifs is 1. The maximum Gasteiger partial charge on any atom is 0.326 e. The van der Waals surface area contributed by atoms with E-state index in [0.29, 0.717) is 26.1 Å². The summed E-state index contributed by atoms with van der Waals surface area (Å²) in [5.41, 5.74) is 0. The zero-order valence-electron chi connectivity index (χ0n) is 11.2. The van der Waals surface area contributed by atoms with Gasteiger partial charge < -0.3 is 20.2 Å². The van der Waals surface area contributed by atoms with Gasteiger partial charge in [-0.05, 0) is 25.7 Å². The number of piperidine rings is 1. The molecule has 7 nitrogen and oxygen atoms in total. The molecule has 2 N–H and O–H groups in total. The number of rotatable bonds is 1. The van der Waals surface area contributed by atoms with E-state index in [4.69, 9.17) is 0 Å². The lowest BCUT2D eigenvalue weighted by atomic mass is 9.92. The number of urea groups is 1. The zero-order valence-corrected chi connectivity index (χ0v) is 11.2. The van der Waals surface area contributed by atoms with E-state index in [1.165, 1.54) is 4.90 Å². The van der Waals surface area contributed by atoms with Gasteiger partial charge in [0.25, 0.3) is 0 Å². The van der Waals surface area contributed by atoms with Crippen molar-refractivity contribution >= 4 is 17.9 Å². The summed E-state index contributed by atoms with van der Waals surface area (Å²) in [5, 5.41) is 12.0. The lowest BCUT2D eigenvalue weighted by molar-refractivity contribution is -0.141. The van der Waals surface area contributed by atoms with Crippen molar-refractivity contribution in [3.8, 4) is 0 Å². The minimum atomic E-state index is -0.940. The highest BCUT2D eigenvalue weighted by molar-refractivity contribution is 5.86. The molecule has 0 aromatic carbocycles. The Bertz CT molecular complexity index is 453. The number of hydrogen-bond acceptors (Lipinski definition) is 3. The zero-order chi connectivity index (χ0) is 14.3. The number of carboxylic acid groups (broad SMARTS) is 1. The SMILES string of the molecule is O=C1NCC2C1CCCN2C(=O)N1CCCC1C(=O)O. The van der Waals surface area contributed by atoms with Gasteiger partial charge in [0.2, 0.25) is 5.91 Å². The fraction of sp³-hybridized carbons (Fsp3) is 0.769. The van der Waals surface area contributed by atoms with E-state index in [2.05, 4.69) is 5.32 Å². The van der Waals surface area contributed by atoms with Crippen molar-refractivity contribution in [1.82, 2.24) is 15.1 Å². The monoisotopic (exact) mass is 281 g/mol. The second kappa shape index (κ2) is 4.96. The van der Waals surface area contributed by atoms with E-state index >= 15 is 0 Å².